The minimum Gasteiger partial charge on any atom is -0.211 e. The number of unbranched alkanes of at least 4 members (excludes halogenated alkanes) is 3. The molecule has 5 unspecified atom stereocenters. The van der Waals surface area contributed by atoms with E-state index in [1.54, 1.807) is 18.2 Å². The van der Waals surface area contributed by atoms with Gasteiger partial charge in [-0.3, -0.25) is 0 Å². The van der Waals surface area contributed by atoms with Crippen molar-refractivity contribution in [3.63, 3.8) is 0 Å². The average molecular weight is 388 g/mol. The molecule has 2 bridgehead atoms. The van der Waals surface area contributed by atoms with Gasteiger partial charge in [0.1, 0.15) is 0 Å². The van der Waals surface area contributed by atoms with Gasteiger partial charge in [-0.25, -0.2) is 29.4 Å². The van der Waals surface area contributed by atoms with Crippen molar-refractivity contribution in [3.05, 3.63) is 0 Å². The fraction of sp³-hybridized carbons (Fsp3) is 0.864. The van der Waals surface area contributed by atoms with Crippen molar-refractivity contribution in [3.8, 4) is 0 Å². The third-order valence-electron chi connectivity index (χ3n) is 7.04. The molecule has 0 aromatic carbocycles. The van der Waals surface area contributed by atoms with E-state index < -0.39 is 0 Å². The van der Waals surface area contributed by atoms with Gasteiger partial charge in [-0.05, 0) is 68.1 Å². The summed E-state index contributed by atoms with van der Waals surface area (Å²) in [5.41, 5.74) is 0.0751. The molecule has 0 aromatic heterocycles. The molecule has 28 heavy (non-hydrogen) atoms. The molecule has 6 heteroatoms. The molecule has 5 atom stereocenters. The van der Waals surface area contributed by atoms with Crippen molar-refractivity contribution in [2.45, 2.75) is 83.6 Å². The molecular weight excluding hydrogens is 354 g/mol. The van der Waals surface area contributed by atoms with E-state index in [1.807, 2.05) is 0 Å². The number of hydrogen-bond donors (Lipinski definition) is 0. The van der Waals surface area contributed by atoms with Gasteiger partial charge in [0.15, 0.2) is 0 Å². The zero-order valence-electron chi connectivity index (χ0n) is 17.1. The molecule has 0 N–H and O–H groups in total. The minimum absolute atomic E-state index is 0.00409. The third kappa shape index (κ3) is 5.82. The molecule has 0 saturated heterocycles. The molecule has 0 aromatic rings. The molecule has 0 amide bonds. The summed E-state index contributed by atoms with van der Waals surface area (Å²) in [6, 6.07) is 0.00409. The second kappa shape index (κ2) is 11.9. The topological polar surface area (TPSA) is 88.3 Å². The Labute approximate surface area is 168 Å². The first kappa shape index (κ1) is 22.4. The predicted octanol–water partition coefficient (Wildman–Crippen LogP) is 4.54. The lowest BCUT2D eigenvalue weighted by Gasteiger charge is -2.42. The second-order valence-corrected chi connectivity index (χ2v) is 8.64. The van der Waals surface area contributed by atoms with Crippen LogP contribution in [0.4, 0.5) is 0 Å². The SMILES string of the molecule is CCCCCCC(CC12CC(CC1CCCN=C=O)CC2CN=C=O)N=C=O. The minimum atomic E-state index is 0.00409. The van der Waals surface area contributed by atoms with Crippen LogP contribution in [-0.4, -0.2) is 37.4 Å². The number of nitrogens with zero attached hydrogens (tertiary/aromatic N) is 3. The monoisotopic (exact) mass is 387 g/mol. The lowest BCUT2D eigenvalue weighted by atomic mass is 9.63. The van der Waals surface area contributed by atoms with Crippen molar-refractivity contribution in [2.75, 3.05) is 13.1 Å². The number of rotatable bonds is 14. The molecule has 154 valence electrons. The summed E-state index contributed by atoms with van der Waals surface area (Å²) < 4.78 is 0. The standard InChI is InChI=1S/C22H33N3O3/c1-2-3-4-5-8-21(25-17-28)13-22-12-18(11-20(22)14-24-16-27)10-19(22)7-6-9-23-15-26/h18-21H,2-14H2,1H3. The summed E-state index contributed by atoms with van der Waals surface area (Å²) in [5.74, 6) is 1.53. The molecule has 6 nitrogen and oxygen atoms in total. The zero-order valence-corrected chi connectivity index (χ0v) is 17.1. The maximum atomic E-state index is 11.0. The predicted molar refractivity (Wildman–Crippen MR) is 107 cm³/mol. The van der Waals surface area contributed by atoms with Crippen LogP contribution in [0.2, 0.25) is 0 Å². The Morgan fingerprint density at radius 2 is 1.75 bits per heavy atom. The van der Waals surface area contributed by atoms with E-state index in [-0.39, 0.29) is 11.5 Å². The maximum Gasteiger partial charge on any atom is 0.235 e. The highest BCUT2D eigenvalue weighted by Crippen LogP contribution is 2.64. The molecule has 2 aliphatic rings. The van der Waals surface area contributed by atoms with Crippen LogP contribution in [0, 0.1) is 23.2 Å². The van der Waals surface area contributed by atoms with Crippen LogP contribution in [0.1, 0.15) is 77.6 Å². The van der Waals surface area contributed by atoms with Gasteiger partial charge in [-0.2, -0.15) is 0 Å². The fourth-order valence-electron chi connectivity index (χ4n) is 5.96. The van der Waals surface area contributed by atoms with Crippen LogP contribution >= 0.6 is 0 Å². The van der Waals surface area contributed by atoms with Gasteiger partial charge in [0.2, 0.25) is 18.2 Å². The molecule has 2 rings (SSSR count). The number of hydrogen-bond acceptors (Lipinski definition) is 6. The Kier molecular flexibility index (Phi) is 9.50. The van der Waals surface area contributed by atoms with Crippen LogP contribution in [0.15, 0.2) is 15.0 Å². The van der Waals surface area contributed by atoms with E-state index in [1.165, 1.54) is 25.7 Å². The highest BCUT2D eigenvalue weighted by molar-refractivity contribution is 5.34. The van der Waals surface area contributed by atoms with Crippen LogP contribution < -0.4 is 0 Å². The lowest BCUT2D eigenvalue weighted by Crippen LogP contribution is -2.38. The lowest BCUT2D eigenvalue weighted by molar-refractivity contribution is 0.0782. The summed E-state index contributed by atoms with van der Waals surface area (Å²) in [6.07, 6.45) is 16.9. The molecule has 2 saturated carbocycles. The Balaban J connectivity index is 2.12. The number of isocyanates is 3. The number of fused-ring (bicyclic) bond motifs is 2. The van der Waals surface area contributed by atoms with Gasteiger partial charge < -0.3 is 0 Å². The molecule has 0 spiro atoms. The quantitative estimate of drug-likeness (QED) is 0.249. The van der Waals surface area contributed by atoms with E-state index in [0.29, 0.717) is 30.8 Å². The first-order valence-corrected chi connectivity index (χ1v) is 10.8. The summed E-state index contributed by atoms with van der Waals surface area (Å²) in [4.78, 5) is 43.9. The van der Waals surface area contributed by atoms with Crippen molar-refractivity contribution >= 4 is 18.2 Å². The van der Waals surface area contributed by atoms with Crippen LogP contribution in [0.25, 0.3) is 0 Å². The zero-order chi connectivity index (χ0) is 20.2. The molecule has 2 fully saturated rings. The van der Waals surface area contributed by atoms with Gasteiger partial charge >= 0.3 is 0 Å². The second-order valence-electron chi connectivity index (χ2n) is 8.64. The van der Waals surface area contributed by atoms with Crippen molar-refractivity contribution in [1.29, 1.82) is 0 Å². The van der Waals surface area contributed by atoms with Gasteiger partial charge in [0.05, 0.1) is 19.1 Å². The first-order chi connectivity index (χ1) is 13.7. The van der Waals surface area contributed by atoms with Crippen molar-refractivity contribution in [2.24, 2.45) is 38.1 Å². The third-order valence-corrected chi connectivity index (χ3v) is 7.04. The average Bonchev–Trinajstić information content (AvgIpc) is 3.21. The Bertz CT molecular complexity index is 633. The number of aliphatic imine (C=N–C) groups is 3. The normalized spacial score (nSPS) is 28.8. The van der Waals surface area contributed by atoms with Gasteiger partial charge in [-0.15, -0.1) is 0 Å². The number of carbonyl (C=O) groups excluding carboxylic acids is 3. The maximum absolute atomic E-state index is 11.0. The Morgan fingerprint density at radius 1 is 0.964 bits per heavy atom. The Morgan fingerprint density at radius 3 is 2.46 bits per heavy atom. The highest BCUT2D eigenvalue weighted by Gasteiger charge is 2.57. The molecular formula is C22H33N3O3. The Hall–Kier alpha value is -1.86. The van der Waals surface area contributed by atoms with Crippen LogP contribution in [0.5, 0.6) is 0 Å². The summed E-state index contributed by atoms with van der Waals surface area (Å²) in [6.45, 7) is 3.23. The smallest absolute Gasteiger partial charge is 0.211 e. The van der Waals surface area contributed by atoms with E-state index in [2.05, 4.69) is 21.9 Å². The van der Waals surface area contributed by atoms with E-state index in [4.69, 9.17) is 0 Å². The fourth-order valence-corrected chi connectivity index (χ4v) is 5.96. The first-order valence-electron chi connectivity index (χ1n) is 10.8. The largest absolute Gasteiger partial charge is 0.235 e. The van der Waals surface area contributed by atoms with Gasteiger partial charge in [-0.1, -0.05) is 32.6 Å². The van der Waals surface area contributed by atoms with E-state index >= 15 is 0 Å². The highest BCUT2D eigenvalue weighted by atomic mass is 16.1. The van der Waals surface area contributed by atoms with Crippen molar-refractivity contribution < 1.29 is 14.4 Å². The summed E-state index contributed by atoms with van der Waals surface area (Å²) in [5, 5.41) is 0. The van der Waals surface area contributed by atoms with Gasteiger partial charge in [0.25, 0.3) is 0 Å². The van der Waals surface area contributed by atoms with Gasteiger partial charge in [0, 0.05) is 0 Å². The van der Waals surface area contributed by atoms with Crippen LogP contribution in [0.3, 0.4) is 0 Å². The molecule has 0 heterocycles. The van der Waals surface area contributed by atoms with E-state index in [0.717, 1.165) is 44.9 Å². The molecule has 0 radical (unpaired) electrons. The summed E-state index contributed by atoms with van der Waals surface area (Å²) >= 11 is 0. The van der Waals surface area contributed by atoms with Crippen LogP contribution in [-0.2, 0) is 14.4 Å². The van der Waals surface area contributed by atoms with E-state index in [9.17, 15) is 14.4 Å². The molecule has 0 aliphatic heterocycles. The molecule has 2 aliphatic carbocycles. The van der Waals surface area contributed by atoms with Crippen molar-refractivity contribution in [1.82, 2.24) is 0 Å². The summed E-state index contributed by atoms with van der Waals surface area (Å²) in [7, 11) is 0.